The van der Waals surface area contributed by atoms with Crippen molar-refractivity contribution < 1.29 is 0 Å². The third-order valence-corrected chi connectivity index (χ3v) is 3.55. The van der Waals surface area contributed by atoms with Gasteiger partial charge in [-0.05, 0) is 13.0 Å². The fourth-order valence-corrected chi connectivity index (χ4v) is 2.50. The largest absolute Gasteiger partial charge is 0.357 e. The molecule has 0 aliphatic heterocycles. The predicted octanol–water partition coefficient (Wildman–Crippen LogP) is 2.01. The van der Waals surface area contributed by atoms with E-state index in [0.717, 1.165) is 35.3 Å². The molecule has 6 nitrogen and oxygen atoms in total. The van der Waals surface area contributed by atoms with Crippen molar-refractivity contribution in [3.8, 4) is 0 Å². The summed E-state index contributed by atoms with van der Waals surface area (Å²) in [5.41, 5.74) is 2.23. The van der Waals surface area contributed by atoms with Crippen molar-refractivity contribution in [1.82, 2.24) is 24.6 Å². The van der Waals surface area contributed by atoms with Crippen molar-refractivity contribution in [2.45, 2.75) is 20.0 Å². The molecule has 0 spiro atoms. The van der Waals surface area contributed by atoms with Crippen molar-refractivity contribution in [3.05, 3.63) is 40.9 Å². The molecule has 0 unspecified atom stereocenters. The third kappa shape index (κ3) is 4.27. The van der Waals surface area contributed by atoms with E-state index in [9.17, 15) is 0 Å². The number of hydrogen-bond acceptors (Lipinski definition) is 2. The van der Waals surface area contributed by atoms with Crippen molar-refractivity contribution in [3.63, 3.8) is 0 Å². The van der Waals surface area contributed by atoms with Gasteiger partial charge in [-0.2, -0.15) is 5.10 Å². The van der Waals surface area contributed by atoms with Crippen LogP contribution in [-0.2, 0) is 27.2 Å². The standard InChI is InChI=1S/C15H23ClN6/c1-5-17-15(18-7-12-8-19-22(4)9-12)21(3)11-14-6-13(16)10-20(14)2/h6,8-10H,5,7,11H2,1-4H3,(H,17,18). The molecule has 0 aliphatic carbocycles. The lowest BCUT2D eigenvalue weighted by Crippen LogP contribution is -2.38. The van der Waals surface area contributed by atoms with Gasteiger partial charge in [-0.3, -0.25) is 4.68 Å². The van der Waals surface area contributed by atoms with Gasteiger partial charge in [-0.15, -0.1) is 0 Å². The first kappa shape index (κ1) is 16.4. The van der Waals surface area contributed by atoms with E-state index in [1.807, 2.05) is 50.4 Å². The van der Waals surface area contributed by atoms with E-state index >= 15 is 0 Å². The minimum Gasteiger partial charge on any atom is -0.357 e. The van der Waals surface area contributed by atoms with Crippen molar-refractivity contribution in [2.24, 2.45) is 19.1 Å². The third-order valence-electron chi connectivity index (χ3n) is 3.34. The molecule has 0 atom stereocenters. The molecule has 0 bridgehead atoms. The molecular formula is C15H23ClN6. The van der Waals surface area contributed by atoms with E-state index < -0.39 is 0 Å². The molecule has 0 aromatic carbocycles. The Morgan fingerprint density at radius 3 is 2.73 bits per heavy atom. The maximum atomic E-state index is 6.04. The molecule has 0 fully saturated rings. The smallest absolute Gasteiger partial charge is 0.194 e. The Balaban J connectivity index is 2.07. The van der Waals surface area contributed by atoms with Crippen LogP contribution in [0.5, 0.6) is 0 Å². The number of aliphatic imine (C=N–C) groups is 1. The van der Waals surface area contributed by atoms with Gasteiger partial charge in [0, 0.05) is 51.3 Å². The molecule has 2 heterocycles. The highest BCUT2D eigenvalue weighted by atomic mass is 35.5. The number of hydrogen-bond donors (Lipinski definition) is 1. The molecule has 1 N–H and O–H groups in total. The normalized spacial score (nSPS) is 11.8. The van der Waals surface area contributed by atoms with Crippen LogP contribution in [0, 0.1) is 0 Å². The fraction of sp³-hybridized carbons (Fsp3) is 0.467. The minimum atomic E-state index is 0.606. The Labute approximate surface area is 136 Å². The summed E-state index contributed by atoms with van der Waals surface area (Å²) < 4.78 is 3.82. The molecule has 2 aromatic heterocycles. The topological polar surface area (TPSA) is 50.4 Å². The van der Waals surface area contributed by atoms with Crippen LogP contribution in [0.15, 0.2) is 29.6 Å². The second-order valence-electron chi connectivity index (χ2n) is 5.31. The van der Waals surface area contributed by atoms with Crippen molar-refractivity contribution in [2.75, 3.05) is 13.6 Å². The molecular weight excluding hydrogens is 300 g/mol. The number of halogens is 1. The molecule has 120 valence electrons. The number of aromatic nitrogens is 3. The minimum absolute atomic E-state index is 0.606. The van der Waals surface area contributed by atoms with E-state index in [1.54, 1.807) is 4.68 Å². The Morgan fingerprint density at radius 2 is 2.18 bits per heavy atom. The van der Waals surface area contributed by atoms with Crippen LogP contribution in [0.2, 0.25) is 5.02 Å². The molecule has 0 radical (unpaired) electrons. The summed E-state index contributed by atoms with van der Waals surface area (Å²) in [4.78, 5) is 6.75. The summed E-state index contributed by atoms with van der Waals surface area (Å²) in [5.74, 6) is 0.865. The number of guanidine groups is 1. The van der Waals surface area contributed by atoms with Crippen LogP contribution < -0.4 is 5.32 Å². The van der Waals surface area contributed by atoms with E-state index in [1.165, 1.54) is 0 Å². The van der Waals surface area contributed by atoms with Crippen LogP contribution in [-0.4, -0.2) is 38.8 Å². The zero-order chi connectivity index (χ0) is 16.1. The van der Waals surface area contributed by atoms with Crippen LogP contribution in [0.25, 0.3) is 0 Å². The van der Waals surface area contributed by atoms with Crippen LogP contribution in [0.1, 0.15) is 18.2 Å². The average molecular weight is 323 g/mol. The van der Waals surface area contributed by atoms with Gasteiger partial charge in [-0.1, -0.05) is 11.6 Å². The van der Waals surface area contributed by atoms with Crippen LogP contribution in [0.4, 0.5) is 0 Å². The molecule has 7 heteroatoms. The molecule has 22 heavy (non-hydrogen) atoms. The lowest BCUT2D eigenvalue weighted by Gasteiger charge is -2.22. The molecule has 0 aliphatic rings. The van der Waals surface area contributed by atoms with E-state index in [4.69, 9.17) is 11.6 Å². The summed E-state index contributed by atoms with van der Waals surface area (Å²) in [6.45, 7) is 4.23. The first-order chi connectivity index (χ1) is 10.5. The second kappa shape index (κ2) is 7.35. The van der Waals surface area contributed by atoms with Crippen LogP contribution >= 0.6 is 11.6 Å². The maximum Gasteiger partial charge on any atom is 0.194 e. The Hall–Kier alpha value is -1.95. The van der Waals surface area contributed by atoms with Gasteiger partial charge in [0.05, 0.1) is 24.3 Å². The monoisotopic (exact) mass is 322 g/mol. The van der Waals surface area contributed by atoms with Gasteiger partial charge in [0.25, 0.3) is 0 Å². The second-order valence-corrected chi connectivity index (χ2v) is 5.75. The predicted molar refractivity (Wildman–Crippen MR) is 89.9 cm³/mol. The Bertz CT molecular complexity index is 642. The van der Waals surface area contributed by atoms with Gasteiger partial charge in [-0.25, -0.2) is 4.99 Å². The maximum absolute atomic E-state index is 6.04. The van der Waals surface area contributed by atoms with Gasteiger partial charge in [0.15, 0.2) is 5.96 Å². The SMILES string of the molecule is CCNC(=NCc1cnn(C)c1)N(C)Cc1cc(Cl)cn1C. The van der Waals surface area contributed by atoms with Crippen molar-refractivity contribution in [1.29, 1.82) is 0 Å². The number of aryl methyl sites for hydroxylation is 2. The average Bonchev–Trinajstić information content (AvgIpc) is 3.00. The number of rotatable bonds is 5. The lowest BCUT2D eigenvalue weighted by atomic mass is 10.3. The molecule has 2 aromatic rings. The van der Waals surface area contributed by atoms with E-state index in [-0.39, 0.29) is 0 Å². The highest BCUT2D eigenvalue weighted by molar-refractivity contribution is 6.30. The molecule has 0 amide bonds. The quantitative estimate of drug-likeness (QED) is 0.677. The van der Waals surface area contributed by atoms with Gasteiger partial charge in [0.1, 0.15) is 0 Å². The first-order valence-electron chi connectivity index (χ1n) is 7.27. The van der Waals surface area contributed by atoms with Crippen LogP contribution in [0.3, 0.4) is 0 Å². The van der Waals surface area contributed by atoms with Gasteiger partial charge in [0.2, 0.25) is 0 Å². The highest BCUT2D eigenvalue weighted by Crippen LogP contribution is 2.14. The zero-order valence-corrected chi connectivity index (χ0v) is 14.3. The fourth-order valence-electron chi connectivity index (χ4n) is 2.23. The molecule has 2 rings (SSSR count). The Kier molecular flexibility index (Phi) is 5.49. The van der Waals surface area contributed by atoms with Gasteiger partial charge >= 0.3 is 0 Å². The number of nitrogens with one attached hydrogen (secondary N) is 1. The summed E-state index contributed by atoms with van der Waals surface area (Å²) in [5, 5.41) is 8.23. The molecule has 0 saturated carbocycles. The number of nitrogens with zero attached hydrogens (tertiary/aromatic N) is 5. The van der Waals surface area contributed by atoms with Gasteiger partial charge < -0.3 is 14.8 Å². The lowest BCUT2D eigenvalue weighted by molar-refractivity contribution is 0.462. The van der Waals surface area contributed by atoms with E-state index in [2.05, 4.69) is 27.2 Å². The summed E-state index contributed by atoms with van der Waals surface area (Å²) >= 11 is 6.04. The van der Waals surface area contributed by atoms with Crippen molar-refractivity contribution >= 4 is 17.6 Å². The first-order valence-corrected chi connectivity index (χ1v) is 7.65. The summed E-state index contributed by atoms with van der Waals surface area (Å²) in [7, 11) is 5.92. The molecule has 0 saturated heterocycles. The highest BCUT2D eigenvalue weighted by Gasteiger charge is 2.09. The summed E-state index contributed by atoms with van der Waals surface area (Å²) in [6, 6.07) is 1.97. The summed E-state index contributed by atoms with van der Waals surface area (Å²) in [6.07, 6.45) is 5.72. The zero-order valence-electron chi connectivity index (χ0n) is 13.5. The Morgan fingerprint density at radius 1 is 1.41 bits per heavy atom. The van der Waals surface area contributed by atoms with E-state index in [0.29, 0.717) is 6.54 Å².